The van der Waals surface area contributed by atoms with Crippen molar-refractivity contribution < 1.29 is 22.7 Å². The Morgan fingerprint density at radius 1 is 0.848 bits per heavy atom. The second-order valence-electron chi connectivity index (χ2n) is 10.6. The van der Waals surface area contributed by atoms with Crippen molar-refractivity contribution in [3.63, 3.8) is 0 Å². The maximum Gasteiger partial charge on any atom is 0.264 e. The number of anilines is 1. The fraction of sp³-hybridized carbons (Fsp3) is 0.257. The van der Waals surface area contributed by atoms with Crippen LogP contribution < -0.4 is 14.4 Å². The van der Waals surface area contributed by atoms with E-state index in [4.69, 9.17) is 27.9 Å². The van der Waals surface area contributed by atoms with Gasteiger partial charge < -0.3 is 15.0 Å². The lowest BCUT2D eigenvalue weighted by molar-refractivity contribution is -0.140. The highest BCUT2D eigenvalue weighted by Crippen LogP contribution is 2.33. The van der Waals surface area contributed by atoms with E-state index in [2.05, 4.69) is 5.32 Å². The Kier molecular flexibility index (Phi) is 12.5. The quantitative estimate of drug-likeness (QED) is 0.140. The van der Waals surface area contributed by atoms with Crippen molar-refractivity contribution in [1.29, 1.82) is 0 Å². The molecule has 0 spiro atoms. The van der Waals surface area contributed by atoms with Crippen LogP contribution in [0.25, 0.3) is 0 Å². The van der Waals surface area contributed by atoms with Gasteiger partial charge in [0.05, 0.1) is 27.7 Å². The number of benzene rings is 4. The molecule has 0 fully saturated rings. The number of nitrogens with one attached hydrogen (secondary N) is 1. The molecule has 0 radical (unpaired) electrons. The molecule has 0 aliphatic rings. The molecule has 0 aliphatic heterocycles. The van der Waals surface area contributed by atoms with Gasteiger partial charge in [-0.2, -0.15) is 0 Å². The number of unbranched alkanes of at least 4 members (excludes halogenated alkanes) is 1. The van der Waals surface area contributed by atoms with E-state index < -0.39 is 28.5 Å². The van der Waals surface area contributed by atoms with Crippen molar-refractivity contribution in [3.05, 3.63) is 124 Å². The lowest BCUT2D eigenvalue weighted by atomic mass is 10.0. The van der Waals surface area contributed by atoms with Crippen LogP contribution >= 0.6 is 23.2 Å². The summed E-state index contributed by atoms with van der Waals surface area (Å²) in [7, 11) is -2.82. The molecule has 8 nitrogen and oxygen atoms in total. The summed E-state index contributed by atoms with van der Waals surface area (Å²) in [4.78, 5) is 29.8. The lowest BCUT2D eigenvalue weighted by Gasteiger charge is -2.34. The van der Waals surface area contributed by atoms with Crippen LogP contribution in [-0.2, 0) is 32.6 Å². The Morgan fingerprint density at radius 3 is 2.15 bits per heavy atom. The van der Waals surface area contributed by atoms with Gasteiger partial charge in [-0.15, -0.1) is 0 Å². The minimum atomic E-state index is -4.26. The Hall–Kier alpha value is -4.05. The fourth-order valence-corrected chi connectivity index (χ4v) is 6.73. The first-order valence-corrected chi connectivity index (χ1v) is 17.1. The summed E-state index contributed by atoms with van der Waals surface area (Å²) in [5.74, 6) is -0.674. The SMILES string of the molecule is CCCCNC(=O)C(Cc1ccccc1)N(Cc1ccc(Cl)c(Cl)c1)C(=O)CN(c1ccccc1OC)S(=O)(=O)c1ccccc1. The monoisotopic (exact) mass is 681 g/mol. The maximum atomic E-state index is 14.6. The topological polar surface area (TPSA) is 96.0 Å². The molecular formula is C35H37Cl2N3O5S. The van der Waals surface area contributed by atoms with Crippen LogP contribution in [0.1, 0.15) is 30.9 Å². The van der Waals surface area contributed by atoms with E-state index >= 15 is 0 Å². The number of methoxy groups -OCH3 is 1. The highest BCUT2D eigenvalue weighted by molar-refractivity contribution is 7.92. The van der Waals surface area contributed by atoms with Gasteiger partial charge in [0.25, 0.3) is 10.0 Å². The molecule has 0 saturated carbocycles. The molecule has 4 aromatic rings. The van der Waals surface area contributed by atoms with E-state index in [0.717, 1.165) is 22.7 Å². The van der Waals surface area contributed by atoms with Crippen molar-refractivity contribution in [2.75, 3.05) is 24.5 Å². The zero-order valence-corrected chi connectivity index (χ0v) is 28.1. The molecule has 4 rings (SSSR count). The molecule has 0 heterocycles. The number of hydrogen-bond donors (Lipinski definition) is 1. The third-order valence-electron chi connectivity index (χ3n) is 7.40. The summed E-state index contributed by atoms with van der Waals surface area (Å²) < 4.78 is 34.9. The van der Waals surface area contributed by atoms with E-state index in [1.54, 1.807) is 60.7 Å². The van der Waals surface area contributed by atoms with Gasteiger partial charge in [0, 0.05) is 19.5 Å². The second-order valence-corrected chi connectivity index (χ2v) is 13.3. The molecule has 1 N–H and O–H groups in total. The van der Waals surface area contributed by atoms with E-state index in [-0.39, 0.29) is 35.2 Å². The van der Waals surface area contributed by atoms with Crippen LogP contribution in [0, 0.1) is 0 Å². The minimum Gasteiger partial charge on any atom is -0.495 e. The molecule has 0 saturated heterocycles. The molecule has 2 amide bonds. The summed E-state index contributed by atoms with van der Waals surface area (Å²) in [6, 6.07) is 27.8. The van der Waals surface area contributed by atoms with Crippen LogP contribution in [0.5, 0.6) is 5.75 Å². The highest BCUT2D eigenvalue weighted by Gasteiger charge is 2.35. The Balaban J connectivity index is 1.82. The molecule has 1 atom stereocenters. The zero-order valence-electron chi connectivity index (χ0n) is 25.7. The fourth-order valence-electron chi connectivity index (χ4n) is 4.96. The summed E-state index contributed by atoms with van der Waals surface area (Å²) >= 11 is 12.5. The number of hydrogen-bond acceptors (Lipinski definition) is 5. The third-order valence-corrected chi connectivity index (χ3v) is 9.91. The Bertz CT molecular complexity index is 1720. The average Bonchev–Trinajstić information content (AvgIpc) is 3.07. The van der Waals surface area contributed by atoms with Crippen molar-refractivity contribution in [1.82, 2.24) is 10.2 Å². The van der Waals surface area contributed by atoms with E-state index in [1.807, 2.05) is 37.3 Å². The average molecular weight is 683 g/mol. The van der Waals surface area contributed by atoms with Crippen LogP contribution in [0.15, 0.2) is 108 Å². The van der Waals surface area contributed by atoms with Crippen LogP contribution in [0.2, 0.25) is 10.0 Å². The largest absolute Gasteiger partial charge is 0.495 e. The lowest BCUT2D eigenvalue weighted by Crippen LogP contribution is -2.53. The van der Waals surface area contributed by atoms with Gasteiger partial charge in [-0.1, -0.05) is 103 Å². The number of nitrogens with zero attached hydrogens (tertiary/aromatic N) is 2. The van der Waals surface area contributed by atoms with E-state index in [1.165, 1.54) is 24.1 Å². The van der Waals surface area contributed by atoms with Gasteiger partial charge in [0.2, 0.25) is 11.8 Å². The molecule has 4 aromatic carbocycles. The predicted octanol–water partition coefficient (Wildman–Crippen LogP) is 6.75. The van der Waals surface area contributed by atoms with Crippen molar-refractivity contribution in [3.8, 4) is 5.75 Å². The zero-order chi connectivity index (χ0) is 33.1. The number of para-hydroxylation sites is 2. The van der Waals surface area contributed by atoms with E-state index in [9.17, 15) is 18.0 Å². The summed E-state index contributed by atoms with van der Waals surface area (Å²) in [6.07, 6.45) is 1.84. The van der Waals surface area contributed by atoms with Crippen molar-refractivity contribution in [2.45, 2.75) is 43.7 Å². The van der Waals surface area contributed by atoms with Crippen molar-refractivity contribution >= 4 is 50.7 Å². The third kappa shape index (κ3) is 8.81. The number of sulfonamides is 1. The van der Waals surface area contributed by atoms with Gasteiger partial charge in [-0.3, -0.25) is 13.9 Å². The summed E-state index contributed by atoms with van der Waals surface area (Å²) in [5, 5.41) is 3.61. The summed E-state index contributed by atoms with van der Waals surface area (Å²) in [5.41, 5.74) is 1.64. The van der Waals surface area contributed by atoms with E-state index in [0.29, 0.717) is 22.2 Å². The summed E-state index contributed by atoms with van der Waals surface area (Å²) in [6.45, 7) is 1.82. The van der Waals surface area contributed by atoms with Gasteiger partial charge in [0.1, 0.15) is 18.3 Å². The van der Waals surface area contributed by atoms with Gasteiger partial charge in [-0.05, 0) is 53.9 Å². The number of amides is 2. The normalized spacial score (nSPS) is 11.8. The number of ether oxygens (including phenoxy) is 1. The molecule has 0 aliphatic carbocycles. The first-order valence-electron chi connectivity index (χ1n) is 14.9. The van der Waals surface area contributed by atoms with Crippen LogP contribution in [-0.4, -0.2) is 51.4 Å². The number of halogens is 2. The first kappa shape index (κ1) is 34.8. The molecule has 46 heavy (non-hydrogen) atoms. The molecule has 11 heteroatoms. The predicted molar refractivity (Wildman–Crippen MR) is 183 cm³/mol. The van der Waals surface area contributed by atoms with Crippen LogP contribution in [0.3, 0.4) is 0 Å². The molecule has 1 unspecified atom stereocenters. The Morgan fingerprint density at radius 2 is 1.50 bits per heavy atom. The molecule has 242 valence electrons. The standard InChI is InChI=1S/C35H37Cl2N3O5S/c1-3-4-21-38-35(42)32(23-26-13-7-5-8-14-26)39(24-27-19-20-29(36)30(37)22-27)34(41)25-40(31-17-11-12-18-33(31)45-2)46(43,44)28-15-9-6-10-16-28/h5-20,22,32H,3-4,21,23-25H2,1-2H3,(H,38,42). The Labute approximate surface area is 280 Å². The van der Waals surface area contributed by atoms with Gasteiger partial charge >= 0.3 is 0 Å². The maximum absolute atomic E-state index is 14.6. The molecular weight excluding hydrogens is 645 g/mol. The molecule has 0 bridgehead atoms. The number of carbonyl (C=O) groups is 2. The number of rotatable bonds is 15. The minimum absolute atomic E-state index is 0.00267. The van der Waals surface area contributed by atoms with Crippen LogP contribution in [0.4, 0.5) is 5.69 Å². The number of carbonyl (C=O) groups excluding carboxylic acids is 2. The highest BCUT2D eigenvalue weighted by atomic mass is 35.5. The first-order chi connectivity index (χ1) is 22.1. The van der Waals surface area contributed by atoms with Gasteiger partial charge in [-0.25, -0.2) is 8.42 Å². The van der Waals surface area contributed by atoms with Gasteiger partial charge in [0.15, 0.2) is 0 Å². The smallest absolute Gasteiger partial charge is 0.264 e. The second kappa shape index (κ2) is 16.5. The van der Waals surface area contributed by atoms with Crippen molar-refractivity contribution in [2.24, 2.45) is 0 Å². The molecule has 0 aromatic heterocycles.